The van der Waals surface area contributed by atoms with Crippen molar-refractivity contribution >= 4 is 29.4 Å². The van der Waals surface area contributed by atoms with Crippen molar-refractivity contribution in [3.63, 3.8) is 0 Å². The van der Waals surface area contributed by atoms with Gasteiger partial charge in [-0.15, -0.1) is 0 Å². The molecule has 1 amide bonds. The van der Waals surface area contributed by atoms with E-state index >= 15 is 0 Å². The normalized spacial score (nSPS) is 15.1. The van der Waals surface area contributed by atoms with Gasteiger partial charge in [0, 0.05) is 35.3 Å². The van der Waals surface area contributed by atoms with Gasteiger partial charge < -0.3 is 61.1 Å². The van der Waals surface area contributed by atoms with E-state index in [0.717, 1.165) is 118 Å². The molecule has 4 aromatic carbocycles. The number of amidine groups is 4. The Morgan fingerprint density at radius 3 is 1.22 bits per heavy atom. The molecule has 0 atom stereocenters. The Kier molecular flexibility index (Phi) is 23.4. The third-order valence-corrected chi connectivity index (χ3v) is 12.7. The van der Waals surface area contributed by atoms with Crippen molar-refractivity contribution < 1.29 is 38.9 Å². The van der Waals surface area contributed by atoms with Gasteiger partial charge in [0.1, 0.15) is 40.3 Å². The number of carbonyl (C=O) groups excluding carboxylic acids is 1. The lowest BCUT2D eigenvalue weighted by molar-refractivity contribution is 0.0563. The zero-order valence-electron chi connectivity index (χ0n) is 42.9. The van der Waals surface area contributed by atoms with Gasteiger partial charge in [-0.1, -0.05) is 10.3 Å². The maximum absolute atomic E-state index is 11.9. The van der Waals surface area contributed by atoms with Gasteiger partial charge >= 0.3 is 6.09 Å². The van der Waals surface area contributed by atoms with E-state index in [4.69, 9.17) is 62.1 Å². The third kappa shape index (κ3) is 21.3. The number of carbonyl (C=O) groups is 1. The number of oxime groups is 2. The molecule has 0 radical (unpaired) electrons. The van der Waals surface area contributed by atoms with Crippen molar-refractivity contribution in [1.82, 2.24) is 15.1 Å². The number of amides is 1. The molecule has 0 bridgehead atoms. The van der Waals surface area contributed by atoms with Crippen molar-refractivity contribution in [2.24, 2.45) is 39.3 Å². The molecule has 396 valence electrons. The highest BCUT2D eigenvalue weighted by Gasteiger charge is 2.21. The Balaban J connectivity index is 0.000000276. The fraction of sp³-hybridized carbons (Fsp3) is 0.473. The van der Waals surface area contributed by atoms with E-state index in [-0.39, 0.29) is 23.3 Å². The second kappa shape index (κ2) is 30.1. The van der Waals surface area contributed by atoms with E-state index in [2.05, 4.69) is 25.4 Å². The molecular weight excluding hydrogens is 929 g/mol. The van der Waals surface area contributed by atoms with Gasteiger partial charge in [0.2, 0.25) is 0 Å². The minimum absolute atomic E-state index is 0.00827. The summed E-state index contributed by atoms with van der Waals surface area (Å²) in [7, 11) is 0. The average Bonchev–Trinajstić information content (AvgIpc) is 3.39. The van der Waals surface area contributed by atoms with E-state index in [1.807, 2.05) is 60.7 Å². The summed E-state index contributed by atoms with van der Waals surface area (Å²) in [6, 6.07) is 29.0. The standard InChI is InChI=1S/C30H43N5O5.C25H35N5O3/c1-30(2,3)40-29(36)33-27(31)23-7-11-25(12-8-23)38-20-4-6-22-15-18-35(19-16-22)17-5-21-39-26-13-9-24(10-14-26)28(32)34-37;26-24(27)20-4-8-22(9-5-20)32-17-1-3-19-12-15-30(16-13-19)14-2-18-33-23-10-6-21(7-11-23)25(28)29-31/h7-14,22,37H,4-6,15-21H2,1-3H3,(H2,32,34)(H2,31,33,36);4-11,19,31H,1-3,12-18H2,(H3,26,27)(H2,28,29). The Hall–Kier alpha value is -7.05. The largest absolute Gasteiger partial charge is 0.494 e. The molecular formula is C55H78N10O8. The molecule has 0 aromatic heterocycles. The molecule has 11 N–H and O–H groups in total. The van der Waals surface area contributed by atoms with Crippen LogP contribution in [0.25, 0.3) is 0 Å². The fourth-order valence-corrected chi connectivity index (χ4v) is 8.56. The lowest BCUT2D eigenvalue weighted by atomic mass is 9.92. The number of likely N-dealkylation sites (tertiary alicyclic amines) is 2. The number of hydrogen-bond donors (Lipinski definition) is 8. The molecule has 18 nitrogen and oxygen atoms in total. The summed E-state index contributed by atoms with van der Waals surface area (Å²) in [5.74, 6) is 4.90. The predicted octanol–water partition coefficient (Wildman–Crippen LogP) is 8.38. The molecule has 0 unspecified atom stereocenters. The number of nitrogens with two attached hydrogens (primary N) is 3. The van der Waals surface area contributed by atoms with Gasteiger partial charge in [0.25, 0.3) is 0 Å². The highest BCUT2D eigenvalue weighted by atomic mass is 16.6. The van der Waals surface area contributed by atoms with Crippen LogP contribution in [0.5, 0.6) is 23.0 Å². The number of alkyl carbamates (subject to hydrolysis) is 1. The molecule has 0 aliphatic carbocycles. The molecule has 2 aliphatic heterocycles. The van der Waals surface area contributed by atoms with E-state index in [0.29, 0.717) is 36.5 Å². The molecule has 0 spiro atoms. The van der Waals surface area contributed by atoms with Gasteiger partial charge in [0.05, 0.1) is 26.4 Å². The van der Waals surface area contributed by atoms with E-state index in [9.17, 15) is 4.79 Å². The molecule has 2 saturated heterocycles. The minimum atomic E-state index is -0.641. The Morgan fingerprint density at radius 2 is 0.890 bits per heavy atom. The monoisotopic (exact) mass is 1010 g/mol. The number of nitrogen functional groups attached to an aromatic ring is 1. The van der Waals surface area contributed by atoms with Crippen molar-refractivity contribution in [2.45, 2.75) is 90.6 Å². The first-order valence-corrected chi connectivity index (χ1v) is 25.4. The predicted molar refractivity (Wildman–Crippen MR) is 286 cm³/mol. The molecule has 4 aromatic rings. The topological polar surface area (TPSA) is 273 Å². The molecule has 0 saturated carbocycles. The number of piperidine rings is 2. The summed E-state index contributed by atoms with van der Waals surface area (Å²) in [6.45, 7) is 14.6. The zero-order valence-corrected chi connectivity index (χ0v) is 42.9. The minimum Gasteiger partial charge on any atom is -0.494 e. The van der Waals surface area contributed by atoms with Crippen molar-refractivity contribution in [2.75, 3.05) is 65.7 Å². The van der Waals surface area contributed by atoms with Gasteiger partial charge in [-0.3, -0.25) is 16.1 Å². The summed E-state index contributed by atoms with van der Waals surface area (Å²) < 4.78 is 28.5. The summed E-state index contributed by atoms with van der Waals surface area (Å²) >= 11 is 0. The van der Waals surface area contributed by atoms with Crippen LogP contribution < -0.4 is 41.5 Å². The van der Waals surface area contributed by atoms with Crippen molar-refractivity contribution in [3.05, 3.63) is 119 Å². The number of nitrogens with zero attached hydrogens (tertiary/aromatic N) is 4. The summed E-state index contributed by atoms with van der Waals surface area (Å²) in [5, 5.41) is 41.4. The first kappa shape index (κ1) is 56.9. The number of rotatable bonds is 24. The van der Waals surface area contributed by atoms with E-state index in [1.165, 1.54) is 32.1 Å². The van der Waals surface area contributed by atoms with Crippen LogP contribution in [-0.4, -0.2) is 121 Å². The number of nitrogens with one attached hydrogen (secondary N) is 3. The van der Waals surface area contributed by atoms with Crippen LogP contribution in [-0.2, 0) is 4.74 Å². The second-order valence-electron chi connectivity index (χ2n) is 19.4. The van der Waals surface area contributed by atoms with E-state index < -0.39 is 11.7 Å². The quantitative estimate of drug-likeness (QED) is 0.0108. The lowest BCUT2D eigenvalue weighted by Crippen LogP contribution is -2.36. The second-order valence-corrected chi connectivity index (χ2v) is 19.4. The molecule has 6 rings (SSSR count). The smallest absolute Gasteiger partial charge is 0.413 e. The maximum atomic E-state index is 11.9. The van der Waals surface area contributed by atoms with Crippen LogP contribution in [0.2, 0.25) is 0 Å². The fourth-order valence-electron chi connectivity index (χ4n) is 8.56. The molecule has 73 heavy (non-hydrogen) atoms. The van der Waals surface area contributed by atoms with Crippen LogP contribution in [0.1, 0.15) is 107 Å². The summed E-state index contributed by atoms with van der Waals surface area (Å²) in [5.41, 5.74) is 18.6. The molecule has 2 heterocycles. The highest BCUT2D eigenvalue weighted by molar-refractivity contribution is 6.04. The number of benzene rings is 4. The Bertz CT molecular complexity index is 2320. The Morgan fingerprint density at radius 1 is 0.562 bits per heavy atom. The van der Waals surface area contributed by atoms with Gasteiger partial charge in [0.15, 0.2) is 11.7 Å². The summed E-state index contributed by atoms with van der Waals surface area (Å²) in [4.78, 5) is 16.9. The highest BCUT2D eigenvalue weighted by Crippen LogP contribution is 2.25. The van der Waals surface area contributed by atoms with Crippen LogP contribution >= 0.6 is 0 Å². The Labute approximate surface area is 430 Å². The number of ether oxygens (including phenoxy) is 5. The van der Waals surface area contributed by atoms with Crippen LogP contribution in [0.15, 0.2) is 107 Å². The zero-order chi connectivity index (χ0) is 52.4. The molecule has 2 aliphatic rings. The summed E-state index contributed by atoms with van der Waals surface area (Å²) in [6.07, 6.45) is 10.6. The average molecular weight is 1010 g/mol. The molecule has 2 fully saturated rings. The van der Waals surface area contributed by atoms with Gasteiger partial charge in [-0.05, 0) is 220 Å². The SMILES string of the molecule is CC(C)(C)OC(=O)NC(=N)c1ccc(OCCCC2CCN(CCCOc3ccc(/C(N)=N\O)cc3)CC2)cc1.N=C(N)c1ccc(OCCCC2CCN(CCCOc3ccc(/C(N)=N\O)cc3)CC2)cc1. The van der Waals surface area contributed by atoms with Crippen molar-refractivity contribution in [3.8, 4) is 23.0 Å². The lowest BCUT2D eigenvalue weighted by Gasteiger charge is -2.32. The van der Waals surface area contributed by atoms with Crippen molar-refractivity contribution in [1.29, 1.82) is 10.8 Å². The van der Waals surface area contributed by atoms with Gasteiger partial charge in [-0.25, -0.2) is 4.79 Å². The van der Waals surface area contributed by atoms with E-state index in [1.54, 1.807) is 57.2 Å². The first-order chi connectivity index (χ1) is 35.2. The molecule has 18 heteroatoms. The maximum Gasteiger partial charge on any atom is 0.413 e. The first-order valence-electron chi connectivity index (χ1n) is 25.4. The third-order valence-electron chi connectivity index (χ3n) is 12.7. The number of hydrogen-bond acceptors (Lipinski definition) is 14. The van der Waals surface area contributed by atoms with Crippen LogP contribution in [0.3, 0.4) is 0 Å². The van der Waals surface area contributed by atoms with Crippen LogP contribution in [0, 0.1) is 22.7 Å². The van der Waals surface area contributed by atoms with Crippen LogP contribution in [0.4, 0.5) is 4.79 Å². The van der Waals surface area contributed by atoms with Gasteiger partial charge in [-0.2, -0.15) is 0 Å².